The molecule has 1 fully saturated rings. The third-order valence-electron chi connectivity index (χ3n) is 12.7. The Kier molecular flexibility index (Phi) is 8.07. The summed E-state index contributed by atoms with van der Waals surface area (Å²) in [6, 6.07) is 67.9. The van der Waals surface area contributed by atoms with E-state index in [-0.39, 0.29) is 12.3 Å². The van der Waals surface area contributed by atoms with Crippen molar-refractivity contribution in [1.29, 1.82) is 0 Å². The zero-order chi connectivity index (χ0) is 39.7. The lowest BCUT2D eigenvalue weighted by Crippen LogP contribution is -2.33. The van der Waals surface area contributed by atoms with Gasteiger partial charge in [0.05, 0.1) is 11.4 Å². The quantitative estimate of drug-likeness (QED) is 0.164. The maximum atomic E-state index is 5.22. The highest BCUT2D eigenvalue weighted by Gasteiger charge is 2.49. The number of rotatable bonds is 7. The monoisotopic (exact) mass is 774 g/mol. The second-order valence-electron chi connectivity index (χ2n) is 16.3. The van der Waals surface area contributed by atoms with Gasteiger partial charge in [0.15, 0.2) is 5.84 Å². The Morgan fingerprint density at radius 2 is 1.13 bits per heavy atom. The van der Waals surface area contributed by atoms with E-state index in [0.29, 0.717) is 11.9 Å². The molecule has 0 saturated carbocycles. The Morgan fingerprint density at radius 3 is 1.90 bits per heavy atom. The molecule has 288 valence electrons. The Balaban J connectivity index is 0.934. The van der Waals surface area contributed by atoms with Crippen molar-refractivity contribution in [2.45, 2.75) is 24.9 Å². The number of aliphatic imine (C=N–C) groups is 2. The van der Waals surface area contributed by atoms with E-state index in [4.69, 9.17) is 9.98 Å². The maximum absolute atomic E-state index is 5.22. The fraction of sp³-hybridized carbons (Fsp3) is 0.111. The molecular weight excluding hydrogens is 733 g/mol. The standard InChI is InChI=1S/C54H42N6/c1-58-49-45-26-12-11-25-44(45)48-46(33-59-34-47(48)59)50(49)60(54(58)39-19-9-4-10-20-39)43-24-14-22-41(32-43)40-21-13-23-42(31-40)53-56-51(37-17-7-3-8-18-37)55-52(57-53)38-29-27-36(28-30-38)35-15-5-2-6-16-35/h2-32,47,53-54H,33-34H2,1H3,(H,55,56,57)/t47?,53?,54?,59-/m1/s1. The van der Waals surface area contributed by atoms with Gasteiger partial charge < -0.3 is 15.1 Å². The number of benzene rings is 8. The van der Waals surface area contributed by atoms with Crippen LogP contribution in [0.15, 0.2) is 198 Å². The molecule has 4 atom stereocenters. The molecule has 0 radical (unpaired) electrons. The Bertz CT molecular complexity index is 3000. The van der Waals surface area contributed by atoms with Crippen molar-refractivity contribution in [3.05, 3.63) is 221 Å². The highest BCUT2D eigenvalue weighted by Crippen LogP contribution is 2.61. The average molecular weight is 775 g/mol. The number of amidine groups is 2. The van der Waals surface area contributed by atoms with Gasteiger partial charge in [0, 0.05) is 48.4 Å². The summed E-state index contributed by atoms with van der Waals surface area (Å²) in [7, 11) is 2.27. The molecule has 0 aliphatic carbocycles. The van der Waals surface area contributed by atoms with E-state index in [2.05, 4.69) is 191 Å². The molecule has 4 aliphatic heterocycles. The van der Waals surface area contributed by atoms with Gasteiger partial charge in [-0.25, -0.2) is 9.98 Å². The van der Waals surface area contributed by atoms with Crippen LogP contribution in [0.1, 0.15) is 51.8 Å². The Labute approximate surface area is 350 Å². The number of hydrogen-bond acceptors (Lipinski definition) is 6. The number of nitrogens with zero attached hydrogens (tertiary/aromatic N) is 5. The first-order chi connectivity index (χ1) is 29.7. The van der Waals surface area contributed by atoms with Crippen LogP contribution < -0.4 is 15.1 Å². The van der Waals surface area contributed by atoms with E-state index in [0.717, 1.165) is 46.7 Å². The van der Waals surface area contributed by atoms with Crippen molar-refractivity contribution in [3.8, 4) is 22.3 Å². The van der Waals surface area contributed by atoms with Crippen molar-refractivity contribution in [1.82, 2.24) is 10.2 Å². The van der Waals surface area contributed by atoms with Crippen LogP contribution in [-0.4, -0.2) is 30.2 Å². The minimum atomic E-state index is -0.330. The van der Waals surface area contributed by atoms with E-state index in [9.17, 15) is 0 Å². The third-order valence-corrected chi connectivity index (χ3v) is 12.7. The molecule has 6 nitrogen and oxygen atoms in total. The summed E-state index contributed by atoms with van der Waals surface area (Å²) in [5.74, 6) is 1.52. The smallest absolute Gasteiger partial charge is 0.159 e. The van der Waals surface area contributed by atoms with Crippen LogP contribution in [0, 0.1) is 0 Å². The van der Waals surface area contributed by atoms with Gasteiger partial charge in [0.25, 0.3) is 0 Å². The fourth-order valence-electron chi connectivity index (χ4n) is 9.81. The molecule has 1 N–H and O–H groups in total. The summed E-state index contributed by atoms with van der Waals surface area (Å²) >= 11 is 0. The number of nitrogens with one attached hydrogen (secondary N) is 1. The summed E-state index contributed by atoms with van der Waals surface area (Å²) in [6.07, 6.45) is -0.329. The van der Waals surface area contributed by atoms with Gasteiger partial charge in [-0.15, -0.1) is 0 Å². The summed E-state index contributed by atoms with van der Waals surface area (Å²) in [6.45, 7) is 2.14. The van der Waals surface area contributed by atoms with E-state index in [1.54, 1.807) is 0 Å². The SMILES string of the molecule is CN1c2c(c3c(c4ccccc24)C2C[N@@]2C3)N(c2cccc(-c3cccc(C4N=C(c5ccccc5)N=C(c5ccc(-c6ccccc6)cc5)N4)c3)c2)C1c1ccccc1. The summed E-state index contributed by atoms with van der Waals surface area (Å²) in [4.78, 5) is 18.0. The normalized spacial score (nSPS) is 19.9. The molecule has 8 aromatic carbocycles. The predicted molar refractivity (Wildman–Crippen MR) is 246 cm³/mol. The number of fused-ring (bicyclic) bond motifs is 8. The van der Waals surface area contributed by atoms with Gasteiger partial charge in [0.2, 0.25) is 0 Å². The highest BCUT2D eigenvalue weighted by atomic mass is 15.4. The summed E-state index contributed by atoms with van der Waals surface area (Å²) < 4.78 is 0. The largest absolute Gasteiger partial charge is 0.348 e. The summed E-state index contributed by atoms with van der Waals surface area (Å²) in [5.41, 5.74) is 15.8. The number of hydrogen-bond donors (Lipinski definition) is 1. The summed E-state index contributed by atoms with van der Waals surface area (Å²) in [5, 5.41) is 6.44. The molecule has 8 aromatic rings. The number of anilines is 3. The highest BCUT2D eigenvalue weighted by molar-refractivity contribution is 6.13. The molecule has 0 amide bonds. The first kappa shape index (κ1) is 34.7. The molecule has 0 aromatic heterocycles. The molecule has 4 heterocycles. The van der Waals surface area contributed by atoms with E-state index < -0.39 is 0 Å². The minimum Gasteiger partial charge on any atom is -0.348 e. The first-order valence-corrected chi connectivity index (χ1v) is 20.9. The second-order valence-corrected chi connectivity index (χ2v) is 16.3. The van der Waals surface area contributed by atoms with Crippen molar-refractivity contribution in [2.24, 2.45) is 9.98 Å². The molecule has 1 saturated heterocycles. The Morgan fingerprint density at radius 1 is 0.533 bits per heavy atom. The van der Waals surface area contributed by atoms with Crippen molar-refractivity contribution in [2.75, 3.05) is 23.4 Å². The molecular formula is C54H42N6. The second kappa shape index (κ2) is 13.9. The van der Waals surface area contributed by atoms with E-state index in [1.807, 2.05) is 24.3 Å². The van der Waals surface area contributed by atoms with Crippen molar-refractivity contribution >= 4 is 39.5 Å². The fourth-order valence-corrected chi connectivity index (χ4v) is 9.81. The molecule has 60 heavy (non-hydrogen) atoms. The van der Waals surface area contributed by atoms with Gasteiger partial charge in [-0.1, -0.05) is 170 Å². The van der Waals surface area contributed by atoms with Crippen LogP contribution >= 0.6 is 0 Å². The van der Waals surface area contributed by atoms with Crippen LogP contribution in [-0.2, 0) is 6.54 Å². The van der Waals surface area contributed by atoms with Gasteiger partial charge >= 0.3 is 0 Å². The average Bonchev–Trinajstić information content (AvgIpc) is 3.88. The predicted octanol–water partition coefficient (Wildman–Crippen LogP) is 11.8. The molecule has 3 unspecified atom stereocenters. The van der Waals surface area contributed by atoms with Gasteiger partial charge in [-0.2, -0.15) is 0 Å². The van der Waals surface area contributed by atoms with Crippen molar-refractivity contribution in [3.63, 3.8) is 0 Å². The van der Waals surface area contributed by atoms with E-state index in [1.165, 1.54) is 55.7 Å². The topological polar surface area (TPSA) is 46.2 Å². The molecule has 0 bridgehead atoms. The lowest BCUT2D eigenvalue weighted by Gasteiger charge is -2.32. The van der Waals surface area contributed by atoms with Crippen LogP contribution in [0.2, 0.25) is 0 Å². The van der Waals surface area contributed by atoms with Crippen LogP contribution in [0.25, 0.3) is 33.0 Å². The van der Waals surface area contributed by atoms with Crippen LogP contribution in [0.4, 0.5) is 17.1 Å². The van der Waals surface area contributed by atoms with Crippen molar-refractivity contribution < 1.29 is 0 Å². The van der Waals surface area contributed by atoms with Gasteiger partial charge in [0.1, 0.15) is 18.2 Å². The first-order valence-electron chi connectivity index (χ1n) is 20.9. The zero-order valence-electron chi connectivity index (χ0n) is 33.3. The van der Waals surface area contributed by atoms with Gasteiger partial charge in [-0.3, -0.25) is 4.90 Å². The lowest BCUT2D eigenvalue weighted by atomic mass is 9.94. The zero-order valence-corrected chi connectivity index (χ0v) is 33.3. The molecule has 12 rings (SSSR count). The Hall–Kier alpha value is -7.28. The molecule has 0 spiro atoms. The van der Waals surface area contributed by atoms with E-state index >= 15 is 0 Å². The lowest BCUT2D eigenvalue weighted by molar-refractivity contribution is 0.548. The van der Waals surface area contributed by atoms with Gasteiger partial charge in [-0.05, 0) is 68.1 Å². The molecule has 4 aliphatic rings. The minimum absolute atomic E-state index is 0.00117. The third kappa shape index (κ3) is 5.75. The maximum Gasteiger partial charge on any atom is 0.159 e. The van der Waals surface area contributed by atoms with Crippen LogP contribution in [0.5, 0.6) is 0 Å². The van der Waals surface area contributed by atoms with Crippen LogP contribution in [0.3, 0.4) is 0 Å². The molecule has 6 heteroatoms.